The van der Waals surface area contributed by atoms with E-state index in [9.17, 15) is 4.39 Å². The summed E-state index contributed by atoms with van der Waals surface area (Å²) >= 11 is 10.4. The van der Waals surface area contributed by atoms with Gasteiger partial charge in [-0.15, -0.1) is 0 Å². The van der Waals surface area contributed by atoms with Gasteiger partial charge in [-0.2, -0.15) is 4.99 Å². The van der Waals surface area contributed by atoms with E-state index < -0.39 is 5.82 Å². The van der Waals surface area contributed by atoms with Crippen LogP contribution < -0.4 is 4.74 Å². The molecule has 0 amide bonds. The Morgan fingerprint density at radius 3 is 2.76 bits per heavy atom. The highest BCUT2D eigenvalue weighted by atomic mass is 35.5. The van der Waals surface area contributed by atoms with Crippen LogP contribution in [-0.2, 0) is 0 Å². The van der Waals surface area contributed by atoms with Gasteiger partial charge in [-0.25, -0.2) is 4.39 Å². The predicted octanol–water partition coefficient (Wildman–Crippen LogP) is 4.53. The maximum absolute atomic E-state index is 13.4. The molecule has 0 bridgehead atoms. The van der Waals surface area contributed by atoms with Crippen LogP contribution in [0.5, 0.6) is 5.75 Å². The van der Waals surface area contributed by atoms with Crippen molar-refractivity contribution in [1.29, 1.82) is 0 Å². The third-order valence-corrected chi connectivity index (χ3v) is 3.15. The summed E-state index contributed by atoms with van der Waals surface area (Å²) in [6.07, 6.45) is 4.52. The molecule has 0 spiro atoms. The number of nitrogens with zero attached hydrogens (tertiary/aromatic N) is 1. The van der Waals surface area contributed by atoms with Crippen molar-refractivity contribution >= 4 is 34.7 Å². The van der Waals surface area contributed by atoms with E-state index in [0.717, 1.165) is 25.7 Å². The molecule has 0 atom stereocenters. The quantitative estimate of drug-likeness (QED) is 0.595. The number of thiocarbonyl (C=S) groups is 1. The molecule has 1 aromatic carbocycles. The van der Waals surface area contributed by atoms with Crippen LogP contribution in [0.4, 0.5) is 10.1 Å². The first-order chi connectivity index (χ1) is 8.20. The van der Waals surface area contributed by atoms with Gasteiger partial charge < -0.3 is 4.74 Å². The molecule has 0 N–H and O–H groups in total. The monoisotopic (exact) mass is 271 g/mol. The zero-order valence-electron chi connectivity index (χ0n) is 9.08. The second-order valence-corrected chi connectivity index (χ2v) is 4.55. The fourth-order valence-corrected chi connectivity index (χ4v) is 2.22. The van der Waals surface area contributed by atoms with E-state index in [1.807, 2.05) is 0 Å². The van der Waals surface area contributed by atoms with Crippen LogP contribution in [-0.4, -0.2) is 11.3 Å². The Kier molecular flexibility index (Phi) is 4.11. The van der Waals surface area contributed by atoms with E-state index >= 15 is 0 Å². The normalized spacial score (nSPS) is 15.6. The van der Waals surface area contributed by atoms with Gasteiger partial charge in [0, 0.05) is 6.07 Å². The lowest BCUT2D eigenvalue weighted by Crippen LogP contribution is -2.11. The molecule has 0 saturated heterocycles. The number of hydrogen-bond donors (Lipinski definition) is 0. The Morgan fingerprint density at radius 2 is 2.12 bits per heavy atom. The van der Waals surface area contributed by atoms with Crippen LogP contribution in [0.15, 0.2) is 17.1 Å². The van der Waals surface area contributed by atoms with E-state index in [4.69, 9.17) is 16.3 Å². The molecule has 0 aromatic heterocycles. The molecule has 1 aliphatic rings. The highest BCUT2D eigenvalue weighted by Crippen LogP contribution is 2.34. The van der Waals surface area contributed by atoms with Crippen molar-refractivity contribution in [1.82, 2.24) is 0 Å². The van der Waals surface area contributed by atoms with Gasteiger partial charge in [0.15, 0.2) is 5.82 Å². The lowest BCUT2D eigenvalue weighted by atomic mass is 10.2. The van der Waals surface area contributed by atoms with Gasteiger partial charge in [0.05, 0.1) is 16.3 Å². The van der Waals surface area contributed by atoms with Crippen LogP contribution in [0.25, 0.3) is 0 Å². The van der Waals surface area contributed by atoms with Crippen LogP contribution in [0.1, 0.15) is 25.7 Å². The van der Waals surface area contributed by atoms with E-state index in [0.29, 0.717) is 5.75 Å². The second-order valence-electron chi connectivity index (χ2n) is 3.96. The van der Waals surface area contributed by atoms with Crippen LogP contribution in [0, 0.1) is 5.82 Å². The average molecular weight is 272 g/mol. The first kappa shape index (κ1) is 12.5. The Morgan fingerprint density at radius 1 is 1.41 bits per heavy atom. The van der Waals surface area contributed by atoms with Crippen LogP contribution in [0.3, 0.4) is 0 Å². The molecule has 0 aliphatic heterocycles. The first-order valence-electron chi connectivity index (χ1n) is 5.44. The third-order valence-electron chi connectivity index (χ3n) is 2.76. The lowest BCUT2D eigenvalue weighted by Gasteiger charge is -2.14. The lowest BCUT2D eigenvalue weighted by molar-refractivity contribution is 0.210. The summed E-state index contributed by atoms with van der Waals surface area (Å²) in [6, 6.07) is 2.66. The summed E-state index contributed by atoms with van der Waals surface area (Å²) in [4.78, 5) is 3.63. The van der Waals surface area contributed by atoms with Crippen molar-refractivity contribution in [3.05, 3.63) is 23.0 Å². The highest BCUT2D eigenvalue weighted by molar-refractivity contribution is 7.78. The summed E-state index contributed by atoms with van der Waals surface area (Å²) in [5.41, 5.74) is 0.109. The van der Waals surface area contributed by atoms with E-state index in [1.54, 1.807) is 0 Å². The third kappa shape index (κ3) is 3.03. The molecule has 90 valence electrons. The average Bonchev–Trinajstić information content (AvgIpc) is 2.78. The van der Waals surface area contributed by atoms with Crippen molar-refractivity contribution in [3.8, 4) is 5.75 Å². The Balaban J connectivity index is 2.25. The minimum Gasteiger partial charge on any atom is -0.489 e. The van der Waals surface area contributed by atoms with Crippen molar-refractivity contribution in [2.45, 2.75) is 31.8 Å². The Bertz CT molecular complexity index is 468. The molecule has 5 heteroatoms. The van der Waals surface area contributed by atoms with E-state index in [2.05, 4.69) is 22.4 Å². The SMILES string of the molecule is Fc1cc(Cl)c(OC2CCCC2)cc1N=C=S. The largest absolute Gasteiger partial charge is 0.489 e. The van der Waals surface area contributed by atoms with Gasteiger partial charge in [0.1, 0.15) is 11.4 Å². The molecule has 0 radical (unpaired) electrons. The highest BCUT2D eigenvalue weighted by Gasteiger charge is 2.18. The van der Waals surface area contributed by atoms with Gasteiger partial charge in [-0.1, -0.05) is 11.6 Å². The van der Waals surface area contributed by atoms with Gasteiger partial charge in [0.2, 0.25) is 0 Å². The van der Waals surface area contributed by atoms with Crippen LogP contribution >= 0.6 is 23.8 Å². The second kappa shape index (κ2) is 5.58. The number of halogens is 2. The van der Waals surface area contributed by atoms with Crippen LogP contribution in [0.2, 0.25) is 5.02 Å². The Hall–Kier alpha value is -0.960. The fraction of sp³-hybridized carbons (Fsp3) is 0.417. The minimum absolute atomic E-state index is 0.109. The zero-order valence-corrected chi connectivity index (χ0v) is 10.7. The molecule has 0 unspecified atom stereocenters. The standard InChI is InChI=1S/C12H11ClFNOS/c13-9-5-10(14)11(15-7-17)6-12(9)16-8-3-1-2-4-8/h5-6,8H,1-4H2. The predicted molar refractivity (Wildman–Crippen MR) is 69.0 cm³/mol. The van der Waals surface area contributed by atoms with Crippen molar-refractivity contribution in [2.24, 2.45) is 4.99 Å². The molecule has 17 heavy (non-hydrogen) atoms. The molecule has 0 heterocycles. The number of benzene rings is 1. The van der Waals surface area contributed by atoms with Crippen molar-refractivity contribution in [3.63, 3.8) is 0 Å². The molecule has 1 aliphatic carbocycles. The maximum Gasteiger partial charge on any atom is 0.151 e. The number of isothiocyanates is 1. The summed E-state index contributed by atoms with van der Waals surface area (Å²) < 4.78 is 19.1. The topological polar surface area (TPSA) is 21.6 Å². The van der Waals surface area contributed by atoms with Gasteiger partial charge >= 0.3 is 0 Å². The molecule has 2 nitrogen and oxygen atoms in total. The summed E-state index contributed by atoms with van der Waals surface area (Å²) in [6.45, 7) is 0. The molecule has 1 aromatic rings. The molecule has 2 rings (SSSR count). The number of rotatable bonds is 3. The zero-order chi connectivity index (χ0) is 12.3. The maximum atomic E-state index is 13.4. The molecule has 1 saturated carbocycles. The first-order valence-corrected chi connectivity index (χ1v) is 6.23. The van der Waals surface area contributed by atoms with E-state index in [1.165, 1.54) is 12.1 Å². The summed E-state index contributed by atoms with van der Waals surface area (Å²) in [5, 5.41) is 2.40. The van der Waals surface area contributed by atoms with E-state index in [-0.39, 0.29) is 16.8 Å². The minimum atomic E-state index is -0.522. The van der Waals surface area contributed by atoms with Crippen molar-refractivity contribution in [2.75, 3.05) is 0 Å². The van der Waals surface area contributed by atoms with Gasteiger partial charge in [-0.3, -0.25) is 0 Å². The molecule has 1 fully saturated rings. The molecular formula is C12H11ClFNOS. The number of hydrogen-bond acceptors (Lipinski definition) is 3. The van der Waals surface area contributed by atoms with Crippen molar-refractivity contribution < 1.29 is 9.13 Å². The summed E-state index contributed by atoms with van der Waals surface area (Å²) in [5.74, 6) is -0.0601. The molecular weight excluding hydrogens is 261 g/mol. The number of ether oxygens (including phenoxy) is 1. The number of aliphatic imine (C=N–C) groups is 1. The summed E-state index contributed by atoms with van der Waals surface area (Å²) in [7, 11) is 0. The Labute approximate surface area is 109 Å². The van der Waals surface area contributed by atoms with Gasteiger partial charge in [-0.05, 0) is 44.0 Å². The fourth-order valence-electron chi connectivity index (χ4n) is 1.93. The van der Waals surface area contributed by atoms with Gasteiger partial charge in [0.25, 0.3) is 0 Å². The smallest absolute Gasteiger partial charge is 0.151 e.